The molecular weight excluding hydrogens is 529 g/mol. The molecule has 3 aliphatic heterocycles. The van der Waals surface area contributed by atoms with Crippen molar-refractivity contribution >= 4 is 33.4 Å². The van der Waals surface area contributed by atoms with Gasteiger partial charge in [-0.05, 0) is 42.8 Å². The number of nitrogens with zero attached hydrogens (tertiary/aromatic N) is 4. The molecule has 39 heavy (non-hydrogen) atoms. The van der Waals surface area contributed by atoms with E-state index in [-0.39, 0.29) is 61.9 Å². The molecule has 13 heteroatoms. The minimum atomic E-state index is -3.76. The first-order valence-corrected chi connectivity index (χ1v) is 13.9. The maximum absolute atomic E-state index is 14.6. The minimum Gasteiger partial charge on any atom is -0.444 e. The number of hydrogen-bond donors (Lipinski definition) is 1. The van der Waals surface area contributed by atoms with Crippen LogP contribution in [0, 0.1) is 5.82 Å². The first-order valence-electron chi connectivity index (χ1n) is 12.4. The molecule has 0 saturated carbocycles. The fourth-order valence-electron chi connectivity index (χ4n) is 5.36. The predicted octanol–water partition coefficient (Wildman–Crippen LogP) is 1.75. The zero-order valence-corrected chi connectivity index (χ0v) is 21.5. The van der Waals surface area contributed by atoms with Gasteiger partial charge in [-0.25, -0.2) is 17.8 Å². The molecule has 1 N–H and O–H groups in total. The van der Waals surface area contributed by atoms with Crippen molar-refractivity contribution < 1.29 is 31.6 Å². The van der Waals surface area contributed by atoms with E-state index in [1.165, 1.54) is 33.8 Å². The topological polar surface area (TPSA) is 133 Å². The van der Waals surface area contributed by atoms with Crippen LogP contribution in [0.5, 0.6) is 0 Å². The second-order valence-corrected chi connectivity index (χ2v) is 11.6. The van der Waals surface area contributed by atoms with Crippen LogP contribution in [-0.4, -0.2) is 72.5 Å². The molecule has 2 saturated heterocycles. The average molecular weight is 554 g/mol. The zero-order valence-electron chi connectivity index (χ0n) is 20.7. The molecule has 0 aliphatic carbocycles. The summed E-state index contributed by atoms with van der Waals surface area (Å²) in [4.78, 5) is 44.3. The number of anilines is 1. The highest BCUT2D eigenvalue weighted by molar-refractivity contribution is 7.89. The Morgan fingerprint density at radius 1 is 1.03 bits per heavy atom. The van der Waals surface area contributed by atoms with E-state index in [0.29, 0.717) is 22.6 Å². The Hall–Kier alpha value is -4.10. The van der Waals surface area contributed by atoms with Gasteiger partial charge in [0.05, 0.1) is 11.1 Å². The number of halogens is 1. The number of carbonyl (C=O) groups excluding carboxylic acids is 3. The van der Waals surface area contributed by atoms with Crippen LogP contribution in [0.4, 0.5) is 10.1 Å². The van der Waals surface area contributed by atoms with Gasteiger partial charge in [0.1, 0.15) is 11.9 Å². The van der Waals surface area contributed by atoms with Gasteiger partial charge < -0.3 is 14.2 Å². The van der Waals surface area contributed by atoms with E-state index < -0.39 is 33.7 Å². The summed E-state index contributed by atoms with van der Waals surface area (Å²) in [5.41, 5.74) is 1.97. The molecule has 202 valence electrons. The number of aromatic nitrogens is 1. The van der Waals surface area contributed by atoms with Crippen molar-refractivity contribution in [3.63, 3.8) is 0 Å². The summed E-state index contributed by atoms with van der Waals surface area (Å²) in [5, 5.41) is 2.26. The molecule has 1 unspecified atom stereocenters. The van der Waals surface area contributed by atoms with E-state index in [0.717, 1.165) is 6.07 Å². The quantitative estimate of drug-likeness (QED) is 0.473. The molecule has 2 aromatic carbocycles. The number of sulfonamides is 1. The molecule has 1 aromatic heterocycles. The summed E-state index contributed by atoms with van der Waals surface area (Å²) in [6, 6.07) is 8.05. The molecule has 0 radical (unpaired) electrons. The fraction of sp³-hybridized carbons (Fsp3) is 0.308. The summed E-state index contributed by atoms with van der Waals surface area (Å²) in [5.74, 6) is -1.45. The first-order chi connectivity index (χ1) is 18.7. The second-order valence-electron chi connectivity index (χ2n) is 9.63. The zero-order chi connectivity index (χ0) is 27.3. The van der Waals surface area contributed by atoms with Gasteiger partial charge in [-0.1, -0.05) is 0 Å². The number of fused-ring (bicyclic) bond motifs is 1. The summed E-state index contributed by atoms with van der Waals surface area (Å²) in [6.07, 6.45) is 3.17. The molecule has 2 fully saturated rings. The van der Waals surface area contributed by atoms with Crippen LogP contribution in [0.15, 0.2) is 58.3 Å². The Morgan fingerprint density at radius 3 is 2.44 bits per heavy atom. The molecule has 4 heterocycles. The predicted molar refractivity (Wildman–Crippen MR) is 135 cm³/mol. The highest BCUT2D eigenvalue weighted by atomic mass is 32.2. The van der Waals surface area contributed by atoms with Gasteiger partial charge in [0.15, 0.2) is 12.2 Å². The highest BCUT2D eigenvalue weighted by Crippen LogP contribution is 2.36. The van der Waals surface area contributed by atoms with Gasteiger partial charge in [0, 0.05) is 61.5 Å². The number of oxazole rings is 1. The number of rotatable bonds is 5. The monoisotopic (exact) mass is 553 g/mol. The lowest BCUT2D eigenvalue weighted by molar-refractivity contribution is -0.136. The van der Waals surface area contributed by atoms with Crippen molar-refractivity contribution in [2.75, 3.05) is 31.1 Å². The van der Waals surface area contributed by atoms with Crippen LogP contribution in [0.2, 0.25) is 0 Å². The number of piperidine rings is 1. The van der Waals surface area contributed by atoms with Gasteiger partial charge in [-0.3, -0.25) is 19.7 Å². The molecular formula is C26H24FN5O6S. The molecule has 3 amide bonds. The summed E-state index contributed by atoms with van der Waals surface area (Å²) in [7, 11) is -3.76. The van der Waals surface area contributed by atoms with Crippen LogP contribution in [-0.2, 0) is 26.2 Å². The van der Waals surface area contributed by atoms with Crippen molar-refractivity contribution in [2.45, 2.75) is 30.3 Å². The van der Waals surface area contributed by atoms with Crippen LogP contribution in [0.1, 0.15) is 28.8 Å². The first kappa shape index (κ1) is 25.2. The van der Waals surface area contributed by atoms with Crippen molar-refractivity contribution in [1.82, 2.24) is 19.5 Å². The number of carbonyl (C=O) groups is 3. The lowest BCUT2D eigenvalue weighted by Crippen LogP contribution is -2.52. The maximum Gasteiger partial charge on any atom is 0.255 e. The number of imide groups is 1. The average Bonchev–Trinajstić information content (AvgIpc) is 3.58. The second kappa shape index (κ2) is 9.58. The third-order valence-corrected chi connectivity index (χ3v) is 9.30. The molecule has 1 atom stereocenters. The lowest BCUT2D eigenvalue weighted by Gasteiger charge is -2.36. The van der Waals surface area contributed by atoms with Gasteiger partial charge >= 0.3 is 0 Å². The summed E-state index contributed by atoms with van der Waals surface area (Å²) in [6.45, 7) is 1.02. The lowest BCUT2D eigenvalue weighted by atomic mass is 10.0. The van der Waals surface area contributed by atoms with Gasteiger partial charge in [0.25, 0.3) is 5.91 Å². The highest BCUT2D eigenvalue weighted by Gasteiger charge is 2.41. The molecule has 0 spiro atoms. The number of benzene rings is 2. The molecule has 3 aliphatic rings. The minimum absolute atomic E-state index is 0.103. The van der Waals surface area contributed by atoms with Gasteiger partial charge in [0.2, 0.25) is 21.8 Å². The Kier molecular flexibility index (Phi) is 6.19. The smallest absolute Gasteiger partial charge is 0.255 e. The number of amides is 3. The molecule has 11 nitrogen and oxygen atoms in total. The van der Waals surface area contributed by atoms with Crippen molar-refractivity contribution in [2.24, 2.45) is 0 Å². The van der Waals surface area contributed by atoms with E-state index in [1.807, 2.05) is 4.90 Å². The maximum atomic E-state index is 14.6. The third-order valence-electron chi connectivity index (χ3n) is 7.39. The number of nitrogens with one attached hydrogen (secondary N) is 1. The largest absolute Gasteiger partial charge is 0.444 e. The molecule has 3 aromatic rings. The van der Waals surface area contributed by atoms with Gasteiger partial charge in [-0.15, -0.1) is 0 Å². The molecule has 0 bridgehead atoms. The normalized spacial score (nSPS) is 20.3. The SMILES string of the molecule is O=C1CCC(N2Cc3c(cc(F)cc3N3CCN(S(=O)(=O)c4ccc(-c5cnco5)cc4)CC3)C2=O)C(=O)N1. The van der Waals surface area contributed by atoms with Crippen LogP contribution < -0.4 is 10.2 Å². The van der Waals surface area contributed by atoms with Crippen molar-refractivity contribution in [1.29, 1.82) is 0 Å². The third kappa shape index (κ3) is 4.46. The summed E-state index contributed by atoms with van der Waals surface area (Å²) >= 11 is 0. The van der Waals surface area contributed by atoms with Crippen molar-refractivity contribution in [3.8, 4) is 11.3 Å². The number of piperazine rings is 1. The van der Waals surface area contributed by atoms with E-state index in [4.69, 9.17) is 4.42 Å². The van der Waals surface area contributed by atoms with Crippen LogP contribution in [0.25, 0.3) is 11.3 Å². The van der Waals surface area contributed by atoms with Gasteiger partial charge in [-0.2, -0.15) is 4.31 Å². The van der Waals surface area contributed by atoms with Crippen LogP contribution in [0.3, 0.4) is 0 Å². The van der Waals surface area contributed by atoms with Crippen molar-refractivity contribution in [3.05, 3.63) is 65.9 Å². The van der Waals surface area contributed by atoms with Crippen LogP contribution >= 0.6 is 0 Å². The Morgan fingerprint density at radius 2 is 1.77 bits per heavy atom. The fourth-order valence-corrected chi connectivity index (χ4v) is 6.78. The van der Waals surface area contributed by atoms with E-state index in [2.05, 4.69) is 10.3 Å². The molecule has 6 rings (SSSR count). The van der Waals surface area contributed by atoms with E-state index in [1.54, 1.807) is 18.3 Å². The Labute approximate surface area is 223 Å². The standard InChI is InChI=1S/C26H24FN5O6S/c27-17-11-19-20(14-32(26(19)35)21-5-6-24(33)29-25(21)34)22(12-17)30-7-9-31(10-8-30)39(36,37)18-3-1-16(2-4-18)23-13-28-15-38-23/h1-4,11-13,15,21H,5-10,14H2,(H,29,33,34). The number of hydrogen-bond acceptors (Lipinski definition) is 8. The Balaban J connectivity index is 1.18. The Bertz CT molecular complexity index is 1570. The van der Waals surface area contributed by atoms with E-state index >= 15 is 0 Å². The van der Waals surface area contributed by atoms with E-state index in [9.17, 15) is 27.2 Å². The summed E-state index contributed by atoms with van der Waals surface area (Å²) < 4.78 is 47.8.